The van der Waals surface area contributed by atoms with Crippen LogP contribution in [0.5, 0.6) is 0 Å². The van der Waals surface area contributed by atoms with E-state index >= 15 is 0 Å². The highest BCUT2D eigenvalue weighted by molar-refractivity contribution is 5.77. The average Bonchev–Trinajstić information content (AvgIpc) is 2.48. The van der Waals surface area contributed by atoms with Gasteiger partial charge in [-0.25, -0.2) is 4.39 Å². The maximum absolute atomic E-state index is 12.2. The van der Waals surface area contributed by atoms with Gasteiger partial charge >= 0.3 is 0 Å². The number of rotatable bonds is 5. The van der Waals surface area contributed by atoms with Gasteiger partial charge in [-0.15, -0.1) is 0 Å². The van der Waals surface area contributed by atoms with Crippen molar-refractivity contribution in [3.8, 4) is 0 Å². The minimum Gasteiger partial charge on any atom is -0.300 e. The van der Waals surface area contributed by atoms with Crippen LogP contribution in [-0.2, 0) is 4.79 Å². The summed E-state index contributed by atoms with van der Waals surface area (Å²) in [6.45, 7) is 3.83. The number of halogens is 1. The van der Waals surface area contributed by atoms with Crippen molar-refractivity contribution in [3.63, 3.8) is 0 Å². The Morgan fingerprint density at radius 3 is 2.48 bits per heavy atom. The van der Waals surface area contributed by atoms with Crippen LogP contribution in [-0.4, -0.2) is 5.78 Å². The minimum absolute atomic E-state index is 0.162. The fourth-order valence-corrected chi connectivity index (χ4v) is 2.85. The molecule has 0 saturated heterocycles. The standard InChI is InChI=1S/C12H22O.C7H7F/c1-2-12(13)10-6-9-11-7-4-3-5-8-11;1-6-3-2-4-7(8)5-6/h11H,2-10H2,1H3;2-5H,1H3. The summed E-state index contributed by atoms with van der Waals surface area (Å²) in [7, 11) is 0. The van der Waals surface area contributed by atoms with E-state index in [4.69, 9.17) is 0 Å². The molecule has 1 fully saturated rings. The lowest BCUT2D eigenvalue weighted by molar-refractivity contribution is -0.118. The molecule has 1 saturated carbocycles. The Labute approximate surface area is 129 Å². The molecule has 0 radical (unpaired) electrons. The molecule has 0 aromatic heterocycles. The van der Waals surface area contributed by atoms with Gasteiger partial charge < -0.3 is 0 Å². The summed E-state index contributed by atoms with van der Waals surface area (Å²) in [6.07, 6.45) is 11.1. The predicted molar refractivity (Wildman–Crippen MR) is 86.9 cm³/mol. The highest BCUT2D eigenvalue weighted by Gasteiger charge is 2.12. The van der Waals surface area contributed by atoms with E-state index in [1.807, 2.05) is 19.9 Å². The van der Waals surface area contributed by atoms with E-state index in [1.165, 1.54) is 50.7 Å². The van der Waals surface area contributed by atoms with Crippen molar-refractivity contribution in [1.29, 1.82) is 0 Å². The molecule has 1 aromatic carbocycles. The Morgan fingerprint density at radius 1 is 1.24 bits per heavy atom. The molecule has 0 bridgehead atoms. The fraction of sp³-hybridized carbons (Fsp3) is 0.632. The second-order valence-electron chi connectivity index (χ2n) is 6.09. The van der Waals surface area contributed by atoms with E-state index in [2.05, 4.69) is 0 Å². The largest absolute Gasteiger partial charge is 0.300 e. The van der Waals surface area contributed by atoms with Crippen molar-refractivity contribution in [2.75, 3.05) is 0 Å². The van der Waals surface area contributed by atoms with Crippen molar-refractivity contribution in [3.05, 3.63) is 35.6 Å². The Hall–Kier alpha value is -1.18. The van der Waals surface area contributed by atoms with Crippen LogP contribution in [0.4, 0.5) is 4.39 Å². The summed E-state index contributed by atoms with van der Waals surface area (Å²) >= 11 is 0. The van der Waals surface area contributed by atoms with E-state index in [1.54, 1.807) is 6.07 Å². The van der Waals surface area contributed by atoms with Crippen molar-refractivity contribution >= 4 is 5.78 Å². The van der Waals surface area contributed by atoms with Gasteiger partial charge in [0, 0.05) is 12.8 Å². The summed E-state index contributed by atoms with van der Waals surface area (Å²) < 4.78 is 12.2. The normalized spacial score (nSPS) is 15.2. The Morgan fingerprint density at radius 2 is 1.95 bits per heavy atom. The van der Waals surface area contributed by atoms with Gasteiger partial charge in [0.15, 0.2) is 0 Å². The van der Waals surface area contributed by atoms with Crippen LogP contribution in [0.25, 0.3) is 0 Å². The van der Waals surface area contributed by atoms with Crippen LogP contribution in [0.15, 0.2) is 24.3 Å². The van der Waals surface area contributed by atoms with Gasteiger partial charge in [0.25, 0.3) is 0 Å². The molecule has 0 atom stereocenters. The summed E-state index contributed by atoms with van der Waals surface area (Å²) in [5, 5.41) is 0. The molecule has 118 valence electrons. The SMILES string of the molecule is CCC(=O)CCCC1CCCCC1.Cc1cccc(F)c1. The molecular weight excluding hydrogens is 263 g/mol. The van der Waals surface area contributed by atoms with Gasteiger partial charge in [0.1, 0.15) is 11.6 Å². The molecule has 0 heterocycles. The van der Waals surface area contributed by atoms with Crippen LogP contribution in [0.2, 0.25) is 0 Å². The van der Waals surface area contributed by atoms with Crippen LogP contribution in [0.3, 0.4) is 0 Å². The topological polar surface area (TPSA) is 17.1 Å². The smallest absolute Gasteiger partial charge is 0.132 e. The third kappa shape index (κ3) is 8.64. The first kappa shape index (κ1) is 17.9. The molecule has 0 N–H and O–H groups in total. The lowest BCUT2D eigenvalue weighted by Crippen LogP contribution is -2.06. The number of ketones is 1. The van der Waals surface area contributed by atoms with Gasteiger partial charge in [-0.05, 0) is 37.0 Å². The zero-order chi connectivity index (χ0) is 15.5. The lowest BCUT2D eigenvalue weighted by atomic mass is 9.85. The molecule has 0 unspecified atom stereocenters. The first-order chi connectivity index (χ1) is 10.1. The monoisotopic (exact) mass is 292 g/mol. The van der Waals surface area contributed by atoms with Crippen LogP contribution in [0.1, 0.15) is 70.3 Å². The molecule has 1 aliphatic rings. The first-order valence-electron chi connectivity index (χ1n) is 8.35. The Bertz CT molecular complexity index is 391. The third-order valence-corrected chi connectivity index (χ3v) is 4.17. The number of carbonyl (C=O) groups excluding carboxylic acids is 1. The van der Waals surface area contributed by atoms with Gasteiger partial charge in [0.05, 0.1) is 0 Å². The van der Waals surface area contributed by atoms with E-state index in [9.17, 15) is 9.18 Å². The molecule has 0 spiro atoms. The summed E-state index contributed by atoms with van der Waals surface area (Å²) in [4.78, 5) is 11.1. The number of hydrogen-bond donors (Lipinski definition) is 0. The Kier molecular flexibility index (Phi) is 8.96. The number of Topliss-reactive ketones (excluding diaryl/α,β-unsaturated/α-hetero) is 1. The van der Waals surface area contributed by atoms with E-state index in [0.29, 0.717) is 5.78 Å². The molecular formula is C19H29FO. The summed E-state index contributed by atoms with van der Waals surface area (Å²) in [6, 6.07) is 6.50. The maximum atomic E-state index is 12.2. The summed E-state index contributed by atoms with van der Waals surface area (Å²) in [5.74, 6) is 1.22. The average molecular weight is 292 g/mol. The van der Waals surface area contributed by atoms with Gasteiger partial charge in [0.2, 0.25) is 0 Å². The van der Waals surface area contributed by atoms with Crippen LogP contribution >= 0.6 is 0 Å². The van der Waals surface area contributed by atoms with E-state index < -0.39 is 0 Å². The van der Waals surface area contributed by atoms with Crippen LogP contribution < -0.4 is 0 Å². The van der Waals surface area contributed by atoms with Gasteiger partial charge in [-0.3, -0.25) is 4.79 Å². The molecule has 1 aromatic rings. The van der Waals surface area contributed by atoms with Gasteiger partial charge in [-0.2, -0.15) is 0 Å². The molecule has 0 aliphatic heterocycles. The van der Waals surface area contributed by atoms with E-state index in [-0.39, 0.29) is 5.82 Å². The summed E-state index contributed by atoms with van der Waals surface area (Å²) in [5.41, 5.74) is 0.963. The molecule has 1 nitrogen and oxygen atoms in total. The fourth-order valence-electron chi connectivity index (χ4n) is 2.85. The zero-order valence-corrected chi connectivity index (χ0v) is 13.5. The van der Waals surface area contributed by atoms with Crippen molar-refractivity contribution in [2.24, 2.45) is 5.92 Å². The lowest BCUT2D eigenvalue weighted by Gasteiger charge is -2.20. The number of aryl methyl sites for hydroxylation is 1. The predicted octanol–water partition coefficient (Wildman–Crippen LogP) is 5.85. The molecule has 2 heteroatoms. The molecule has 1 aliphatic carbocycles. The first-order valence-corrected chi connectivity index (χ1v) is 8.35. The van der Waals surface area contributed by atoms with Crippen molar-refractivity contribution in [2.45, 2.75) is 71.6 Å². The number of hydrogen-bond acceptors (Lipinski definition) is 1. The quantitative estimate of drug-likeness (QED) is 0.665. The van der Waals surface area contributed by atoms with Crippen molar-refractivity contribution in [1.82, 2.24) is 0 Å². The maximum Gasteiger partial charge on any atom is 0.132 e. The van der Waals surface area contributed by atoms with Gasteiger partial charge in [-0.1, -0.05) is 57.6 Å². The minimum atomic E-state index is -0.162. The molecule has 2 rings (SSSR count). The number of carbonyl (C=O) groups is 1. The molecule has 21 heavy (non-hydrogen) atoms. The molecule has 0 amide bonds. The Balaban J connectivity index is 0.000000235. The van der Waals surface area contributed by atoms with E-state index in [0.717, 1.165) is 30.7 Å². The highest BCUT2D eigenvalue weighted by atomic mass is 19.1. The second-order valence-corrected chi connectivity index (χ2v) is 6.09. The zero-order valence-electron chi connectivity index (χ0n) is 13.5. The third-order valence-electron chi connectivity index (χ3n) is 4.17. The highest BCUT2D eigenvalue weighted by Crippen LogP contribution is 2.27. The van der Waals surface area contributed by atoms with Crippen molar-refractivity contribution < 1.29 is 9.18 Å². The van der Waals surface area contributed by atoms with Crippen LogP contribution in [0, 0.1) is 18.7 Å². The second kappa shape index (κ2) is 10.5. The number of benzene rings is 1.